The van der Waals surface area contributed by atoms with E-state index in [0.29, 0.717) is 16.3 Å². The predicted molar refractivity (Wildman–Crippen MR) is 87.8 cm³/mol. The Kier molecular flexibility index (Phi) is 4.68. The summed E-state index contributed by atoms with van der Waals surface area (Å²) in [6.07, 6.45) is 0. The van der Waals surface area contributed by atoms with Crippen LogP contribution < -0.4 is 10.6 Å². The number of hydrogen-bond acceptors (Lipinski definition) is 2. The van der Waals surface area contributed by atoms with Gasteiger partial charge in [-0.15, -0.1) is 0 Å². The highest BCUT2D eigenvalue weighted by Gasteiger charge is 2.12. The average Bonchev–Trinajstić information content (AvgIpc) is 2.44. The van der Waals surface area contributed by atoms with E-state index in [1.54, 1.807) is 19.2 Å². The van der Waals surface area contributed by atoms with Gasteiger partial charge in [0.15, 0.2) is 0 Å². The van der Waals surface area contributed by atoms with E-state index in [-0.39, 0.29) is 5.91 Å². The van der Waals surface area contributed by atoms with Crippen molar-refractivity contribution >= 4 is 44.8 Å². The maximum Gasteiger partial charge on any atom is 0.257 e. The number of nitrogens with one attached hydrogen (secondary N) is 2. The third kappa shape index (κ3) is 3.14. The van der Waals surface area contributed by atoms with E-state index in [0.717, 1.165) is 15.7 Å². The van der Waals surface area contributed by atoms with Gasteiger partial charge in [-0.3, -0.25) is 4.79 Å². The van der Waals surface area contributed by atoms with Gasteiger partial charge in [-0.2, -0.15) is 0 Å². The molecule has 0 heterocycles. The molecule has 0 saturated heterocycles. The van der Waals surface area contributed by atoms with Crippen LogP contribution in [0.5, 0.6) is 0 Å². The summed E-state index contributed by atoms with van der Waals surface area (Å²) in [5.41, 5.74) is 2.96. The molecular formula is C15H14BrClN2O. The first-order valence-electron chi connectivity index (χ1n) is 6.06. The van der Waals surface area contributed by atoms with Crippen LogP contribution in [0.3, 0.4) is 0 Å². The smallest absolute Gasteiger partial charge is 0.257 e. The van der Waals surface area contributed by atoms with Crippen molar-refractivity contribution in [3.63, 3.8) is 0 Å². The number of amides is 1. The Hall–Kier alpha value is -1.52. The molecule has 3 nitrogen and oxygen atoms in total. The lowest BCUT2D eigenvalue weighted by atomic mass is 10.1. The van der Waals surface area contributed by atoms with Gasteiger partial charge in [-0.1, -0.05) is 23.7 Å². The van der Waals surface area contributed by atoms with Gasteiger partial charge in [0, 0.05) is 22.2 Å². The van der Waals surface area contributed by atoms with Gasteiger partial charge < -0.3 is 10.6 Å². The summed E-state index contributed by atoms with van der Waals surface area (Å²) in [4.78, 5) is 12.3. The number of benzene rings is 2. The lowest BCUT2D eigenvalue weighted by Crippen LogP contribution is -2.14. The van der Waals surface area contributed by atoms with Crippen LogP contribution in [0.15, 0.2) is 40.9 Å². The molecule has 0 aliphatic rings. The third-order valence-electron chi connectivity index (χ3n) is 2.94. The normalized spacial score (nSPS) is 10.2. The van der Waals surface area contributed by atoms with Crippen LogP contribution in [0.2, 0.25) is 5.02 Å². The second kappa shape index (κ2) is 6.29. The quantitative estimate of drug-likeness (QED) is 0.839. The van der Waals surface area contributed by atoms with E-state index in [9.17, 15) is 4.79 Å². The number of aryl methyl sites for hydroxylation is 1. The van der Waals surface area contributed by atoms with Crippen molar-refractivity contribution < 1.29 is 4.79 Å². The number of carbonyl (C=O) groups is 1. The molecule has 0 bridgehead atoms. The van der Waals surface area contributed by atoms with Gasteiger partial charge in [0.1, 0.15) is 0 Å². The highest BCUT2D eigenvalue weighted by Crippen LogP contribution is 2.30. The lowest BCUT2D eigenvalue weighted by Gasteiger charge is -2.12. The predicted octanol–water partition coefficient (Wildman–Crippen LogP) is 4.70. The van der Waals surface area contributed by atoms with Gasteiger partial charge in [0.2, 0.25) is 0 Å². The highest BCUT2D eigenvalue weighted by molar-refractivity contribution is 9.10. The van der Waals surface area contributed by atoms with E-state index >= 15 is 0 Å². The number of para-hydroxylation sites is 1. The monoisotopic (exact) mass is 352 g/mol. The molecule has 1 amide bonds. The zero-order valence-corrected chi connectivity index (χ0v) is 13.5. The number of carbonyl (C=O) groups excluding carboxylic acids is 1. The number of halogens is 2. The summed E-state index contributed by atoms with van der Waals surface area (Å²) >= 11 is 9.52. The van der Waals surface area contributed by atoms with E-state index in [1.807, 2.05) is 31.2 Å². The van der Waals surface area contributed by atoms with Crippen LogP contribution in [0, 0.1) is 6.92 Å². The summed E-state index contributed by atoms with van der Waals surface area (Å²) in [7, 11) is 1.78. The van der Waals surface area contributed by atoms with Crippen LogP contribution in [0.1, 0.15) is 15.9 Å². The molecule has 0 saturated carbocycles. The van der Waals surface area contributed by atoms with E-state index in [1.165, 1.54) is 0 Å². The van der Waals surface area contributed by atoms with E-state index in [4.69, 9.17) is 11.6 Å². The van der Waals surface area contributed by atoms with Gasteiger partial charge in [0.05, 0.1) is 11.3 Å². The summed E-state index contributed by atoms with van der Waals surface area (Å²) in [6, 6.07) is 10.9. The van der Waals surface area contributed by atoms with Gasteiger partial charge in [0.25, 0.3) is 5.91 Å². The van der Waals surface area contributed by atoms with Gasteiger partial charge >= 0.3 is 0 Å². The molecule has 2 aromatic rings. The Morgan fingerprint density at radius 1 is 1.20 bits per heavy atom. The Labute approximate surface area is 131 Å². The molecule has 0 aliphatic carbocycles. The van der Waals surface area contributed by atoms with E-state index < -0.39 is 0 Å². The van der Waals surface area contributed by atoms with Crippen molar-refractivity contribution in [2.24, 2.45) is 0 Å². The molecule has 2 rings (SSSR count). The maximum absolute atomic E-state index is 12.3. The molecule has 0 unspecified atom stereocenters. The van der Waals surface area contributed by atoms with Crippen molar-refractivity contribution in [2.75, 3.05) is 17.7 Å². The average molecular weight is 354 g/mol. The maximum atomic E-state index is 12.3. The molecular weight excluding hydrogens is 340 g/mol. The minimum Gasteiger partial charge on any atom is -0.387 e. The number of anilines is 2. The largest absolute Gasteiger partial charge is 0.387 e. The standard InChI is InChI=1S/C15H14BrClN2O/c1-9-7-11(16)14(8-12(9)17)19-15(20)10-5-3-4-6-13(10)18-2/h3-8,18H,1-2H3,(H,19,20). The molecule has 104 valence electrons. The molecule has 2 N–H and O–H groups in total. The first-order chi connectivity index (χ1) is 9.52. The molecule has 0 aliphatic heterocycles. The SMILES string of the molecule is CNc1ccccc1C(=O)Nc1cc(Cl)c(C)cc1Br. The lowest BCUT2D eigenvalue weighted by molar-refractivity contribution is 0.102. The first kappa shape index (κ1) is 14.9. The molecule has 0 radical (unpaired) electrons. The zero-order valence-electron chi connectivity index (χ0n) is 11.1. The van der Waals surface area contributed by atoms with Crippen LogP contribution >= 0.6 is 27.5 Å². The minimum atomic E-state index is -0.185. The summed E-state index contributed by atoms with van der Waals surface area (Å²) in [6.45, 7) is 1.91. The molecule has 5 heteroatoms. The summed E-state index contributed by atoms with van der Waals surface area (Å²) < 4.78 is 0.801. The number of hydrogen-bond donors (Lipinski definition) is 2. The zero-order chi connectivity index (χ0) is 14.7. The van der Waals surface area contributed by atoms with Crippen molar-refractivity contribution in [3.8, 4) is 0 Å². The van der Waals surface area contributed by atoms with E-state index in [2.05, 4.69) is 26.6 Å². The Bertz CT molecular complexity index is 658. The van der Waals surface area contributed by atoms with Crippen LogP contribution in [-0.4, -0.2) is 13.0 Å². The summed E-state index contributed by atoms with van der Waals surface area (Å²) in [5, 5.41) is 6.47. The highest BCUT2D eigenvalue weighted by atomic mass is 79.9. The van der Waals surface area contributed by atoms with Crippen molar-refractivity contribution in [2.45, 2.75) is 6.92 Å². The van der Waals surface area contributed by atoms with Crippen LogP contribution in [0.4, 0.5) is 11.4 Å². The molecule has 2 aromatic carbocycles. The molecule has 20 heavy (non-hydrogen) atoms. The van der Waals surface area contributed by atoms with Crippen LogP contribution in [0.25, 0.3) is 0 Å². The van der Waals surface area contributed by atoms with Crippen molar-refractivity contribution in [1.29, 1.82) is 0 Å². The van der Waals surface area contributed by atoms with Gasteiger partial charge in [-0.25, -0.2) is 0 Å². The fourth-order valence-electron chi connectivity index (χ4n) is 1.83. The van der Waals surface area contributed by atoms with Crippen molar-refractivity contribution in [1.82, 2.24) is 0 Å². The topological polar surface area (TPSA) is 41.1 Å². The second-order valence-electron chi connectivity index (χ2n) is 4.33. The Morgan fingerprint density at radius 3 is 2.60 bits per heavy atom. The molecule has 0 spiro atoms. The molecule has 0 atom stereocenters. The van der Waals surface area contributed by atoms with Crippen LogP contribution in [-0.2, 0) is 0 Å². The van der Waals surface area contributed by atoms with Gasteiger partial charge in [-0.05, 0) is 52.7 Å². The Morgan fingerprint density at radius 2 is 1.90 bits per heavy atom. The third-order valence-corrected chi connectivity index (χ3v) is 4.00. The van der Waals surface area contributed by atoms with Crippen molar-refractivity contribution in [3.05, 3.63) is 57.0 Å². The minimum absolute atomic E-state index is 0.185. The molecule has 0 fully saturated rings. The summed E-state index contributed by atoms with van der Waals surface area (Å²) in [5.74, 6) is -0.185. The fourth-order valence-corrected chi connectivity index (χ4v) is 2.55. The Balaban J connectivity index is 2.30. The fraction of sp³-hybridized carbons (Fsp3) is 0.133. The first-order valence-corrected chi connectivity index (χ1v) is 7.24. The molecule has 0 aromatic heterocycles. The second-order valence-corrected chi connectivity index (χ2v) is 5.59. The number of rotatable bonds is 3.